The van der Waals surface area contributed by atoms with E-state index < -0.39 is 6.10 Å². The van der Waals surface area contributed by atoms with Gasteiger partial charge in [0.05, 0.1) is 18.8 Å². The van der Waals surface area contributed by atoms with E-state index in [9.17, 15) is 9.90 Å². The summed E-state index contributed by atoms with van der Waals surface area (Å²) in [5.41, 5.74) is 0. The first-order chi connectivity index (χ1) is 11.0. The number of carbonyl (C=O) groups is 1. The summed E-state index contributed by atoms with van der Waals surface area (Å²) < 4.78 is 5.44. The average molecular weight is 326 g/mol. The number of amides is 1. The summed E-state index contributed by atoms with van der Waals surface area (Å²) in [5.74, 6) is 1.11. The molecule has 1 N–H and O–H groups in total. The second-order valence-electron chi connectivity index (χ2n) is 7.41. The molecule has 0 aromatic rings. The number of hydrogen-bond donors (Lipinski definition) is 1. The lowest BCUT2D eigenvalue weighted by molar-refractivity contribution is -0.133. The number of β-amino-alcohol motifs (C(OH)–C–C–N with tert-alkyl or cyclic N) is 1. The summed E-state index contributed by atoms with van der Waals surface area (Å²) in [6.45, 7) is 8.27. The number of aliphatic hydroxyl groups excluding tert-OH is 1. The fourth-order valence-electron chi connectivity index (χ4n) is 3.62. The Hall–Kier alpha value is -0.650. The minimum atomic E-state index is -0.443. The summed E-state index contributed by atoms with van der Waals surface area (Å²) in [6.07, 6.45) is 6.83. The van der Waals surface area contributed by atoms with Crippen molar-refractivity contribution < 1.29 is 14.6 Å². The number of rotatable bonds is 8. The van der Waals surface area contributed by atoms with E-state index >= 15 is 0 Å². The lowest BCUT2D eigenvalue weighted by Crippen LogP contribution is -2.50. The van der Waals surface area contributed by atoms with Gasteiger partial charge in [0.2, 0.25) is 5.91 Å². The van der Waals surface area contributed by atoms with Crippen molar-refractivity contribution in [3.05, 3.63) is 0 Å². The highest BCUT2D eigenvalue weighted by molar-refractivity contribution is 5.76. The topological polar surface area (TPSA) is 53.0 Å². The van der Waals surface area contributed by atoms with Crippen molar-refractivity contribution in [2.45, 2.75) is 64.6 Å². The molecule has 1 atom stereocenters. The molecular weight excluding hydrogens is 292 g/mol. The zero-order valence-electron chi connectivity index (χ0n) is 14.9. The summed E-state index contributed by atoms with van der Waals surface area (Å²) in [5, 5.41) is 9.98. The van der Waals surface area contributed by atoms with Crippen LogP contribution in [0.25, 0.3) is 0 Å². The zero-order chi connectivity index (χ0) is 16.7. The van der Waals surface area contributed by atoms with Crippen LogP contribution in [0, 0.1) is 5.92 Å². The van der Waals surface area contributed by atoms with Crippen molar-refractivity contribution >= 4 is 5.91 Å². The highest BCUT2D eigenvalue weighted by Gasteiger charge is 2.24. The minimum absolute atomic E-state index is 0.152. The monoisotopic (exact) mass is 326 g/mol. The van der Waals surface area contributed by atoms with Crippen molar-refractivity contribution in [2.75, 3.05) is 39.3 Å². The Morgan fingerprint density at radius 1 is 1.17 bits per heavy atom. The average Bonchev–Trinajstić information content (AvgIpc) is 3.05. The molecule has 1 aliphatic carbocycles. The Bertz CT molecular complexity index is 348. The van der Waals surface area contributed by atoms with E-state index in [1.165, 1.54) is 25.7 Å². The van der Waals surface area contributed by atoms with Crippen LogP contribution in [-0.4, -0.2) is 72.4 Å². The second kappa shape index (κ2) is 9.60. The smallest absolute Gasteiger partial charge is 0.222 e. The number of aliphatic hydroxyl groups is 1. The van der Waals surface area contributed by atoms with Crippen molar-refractivity contribution in [1.29, 1.82) is 0 Å². The second-order valence-corrected chi connectivity index (χ2v) is 7.41. The van der Waals surface area contributed by atoms with Crippen LogP contribution in [0.3, 0.4) is 0 Å². The first-order valence-electron chi connectivity index (χ1n) is 9.34. The predicted molar refractivity (Wildman–Crippen MR) is 91.3 cm³/mol. The molecule has 0 radical (unpaired) electrons. The van der Waals surface area contributed by atoms with Crippen LogP contribution in [0.2, 0.25) is 0 Å². The summed E-state index contributed by atoms with van der Waals surface area (Å²) in [7, 11) is 0. The normalized spacial score (nSPS) is 22.0. The van der Waals surface area contributed by atoms with Crippen molar-refractivity contribution in [3.8, 4) is 0 Å². The van der Waals surface area contributed by atoms with Gasteiger partial charge in [0.25, 0.3) is 0 Å². The molecule has 5 nitrogen and oxygen atoms in total. The molecule has 1 amide bonds. The minimum Gasteiger partial charge on any atom is -0.389 e. The third kappa shape index (κ3) is 6.77. The Morgan fingerprint density at radius 3 is 2.43 bits per heavy atom. The van der Waals surface area contributed by atoms with Crippen LogP contribution >= 0.6 is 0 Å². The molecule has 1 saturated carbocycles. The molecular formula is C18H34N2O3. The van der Waals surface area contributed by atoms with Gasteiger partial charge in [-0.2, -0.15) is 0 Å². The van der Waals surface area contributed by atoms with Gasteiger partial charge in [0.1, 0.15) is 0 Å². The fraction of sp³-hybridized carbons (Fsp3) is 0.944. The molecule has 2 fully saturated rings. The van der Waals surface area contributed by atoms with E-state index in [4.69, 9.17) is 4.74 Å². The Balaban J connectivity index is 1.60. The van der Waals surface area contributed by atoms with Crippen LogP contribution < -0.4 is 0 Å². The molecule has 2 rings (SSSR count). The summed E-state index contributed by atoms with van der Waals surface area (Å²) >= 11 is 0. The van der Waals surface area contributed by atoms with Gasteiger partial charge in [-0.3, -0.25) is 9.69 Å². The van der Waals surface area contributed by atoms with Gasteiger partial charge < -0.3 is 14.7 Å². The fourth-order valence-corrected chi connectivity index (χ4v) is 3.62. The molecule has 0 aromatic carbocycles. The van der Waals surface area contributed by atoms with Gasteiger partial charge >= 0.3 is 0 Å². The SMILES string of the molecule is CC(C)OCC(O)CN1CCN(C(=O)CCC2CCCC2)CC1. The van der Waals surface area contributed by atoms with Gasteiger partial charge in [-0.05, 0) is 26.2 Å². The van der Waals surface area contributed by atoms with Crippen LogP contribution in [0.15, 0.2) is 0 Å². The highest BCUT2D eigenvalue weighted by Crippen LogP contribution is 2.28. The predicted octanol–water partition coefficient (Wildman–Crippen LogP) is 1.89. The maximum absolute atomic E-state index is 12.3. The van der Waals surface area contributed by atoms with Gasteiger partial charge in [-0.15, -0.1) is 0 Å². The molecule has 1 saturated heterocycles. The highest BCUT2D eigenvalue weighted by atomic mass is 16.5. The number of carbonyl (C=O) groups excluding carboxylic acids is 1. The van der Waals surface area contributed by atoms with E-state index in [0.717, 1.165) is 44.9 Å². The van der Waals surface area contributed by atoms with E-state index in [0.29, 0.717) is 19.1 Å². The molecule has 1 aliphatic heterocycles. The molecule has 5 heteroatoms. The zero-order valence-corrected chi connectivity index (χ0v) is 14.9. The maximum Gasteiger partial charge on any atom is 0.222 e. The largest absolute Gasteiger partial charge is 0.389 e. The molecule has 1 unspecified atom stereocenters. The van der Waals surface area contributed by atoms with Crippen molar-refractivity contribution in [1.82, 2.24) is 9.80 Å². The first-order valence-corrected chi connectivity index (χ1v) is 9.34. The third-order valence-electron chi connectivity index (χ3n) is 5.06. The van der Waals surface area contributed by atoms with Gasteiger partial charge in [-0.1, -0.05) is 25.7 Å². The lowest BCUT2D eigenvalue weighted by Gasteiger charge is -2.35. The molecule has 0 bridgehead atoms. The van der Waals surface area contributed by atoms with E-state index in [1.807, 2.05) is 18.7 Å². The van der Waals surface area contributed by atoms with E-state index in [-0.39, 0.29) is 6.10 Å². The van der Waals surface area contributed by atoms with Gasteiger partial charge in [-0.25, -0.2) is 0 Å². The van der Waals surface area contributed by atoms with Crippen molar-refractivity contribution in [3.63, 3.8) is 0 Å². The van der Waals surface area contributed by atoms with Gasteiger partial charge in [0.15, 0.2) is 0 Å². The number of nitrogens with zero attached hydrogens (tertiary/aromatic N) is 2. The number of ether oxygens (including phenoxy) is 1. The van der Waals surface area contributed by atoms with Crippen molar-refractivity contribution in [2.24, 2.45) is 5.92 Å². The Labute approximate surface area is 141 Å². The van der Waals surface area contributed by atoms with Crippen LogP contribution in [0.5, 0.6) is 0 Å². The molecule has 0 aromatic heterocycles. The Kier molecular flexibility index (Phi) is 7.80. The van der Waals surface area contributed by atoms with E-state index in [1.54, 1.807) is 0 Å². The molecule has 1 heterocycles. The lowest BCUT2D eigenvalue weighted by atomic mass is 10.0. The Morgan fingerprint density at radius 2 is 1.83 bits per heavy atom. The number of piperazine rings is 1. The van der Waals surface area contributed by atoms with Crippen LogP contribution in [0.1, 0.15) is 52.4 Å². The summed E-state index contributed by atoms with van der Waals surface area (Å²) in [4.78, 5) is 16.5. The first kappa shape index (κ1) is 18.7. The van der Waals surface area contributed by atoms with Crippen LogP contribution in [-0.2, 0) is 9.53 Å². The third-order valence-corrected chi connectivity index (χ3v) is 5.06. The molecule has 134 valence electrons. The standard InChI is InChI=1S/C18H34N2O3/c1-15(2)23-14-17(21)13-19-9-11-20(12-10-19)18(22)8-7-16-5-3-4-6-16/h15-17,21H,3-14H2,1-2H3. The quantitative estimate of drug-likeness (QED) is 0.740. The molecule has 0 spiro atoms. The van der Waals surface area contributed by atoms with E-state index in [2.05, 4.69) is 4.90 Å². The molecule has 2 aliphatic rings. The molecule has 23 heavy (non-hydrogen) atoms. The number of hydrogen-bond acceptors (Lipinski definition) is 4. The maximum atomic E-state index is 12.3. The van der Waals surface area contributed by atoms with Crippen LogP contribution in [0.4, 0.5) is 0 Å². The van der Waals surface area contributed by atoms with Gasteiger partial charge in [0, 0.05) is 39.1 Å². The summed E-state index contributed by atoms with van der Waals surface area (Å²) in [6, 6.07) is 0.